The van der Waals surface area contributed by atoms with E-state index < -0.39 is 22.9 Å². The number of carbonyl (C=O) groups is 1. The Morgan fingerprint density at radius 3 is 2.57 bits per heavy atom. The van der Waals surface area contributed by atoms with E-state index in [-0.39, 0.29) is 48.9 Å². The number of allylic oxidation sites excluding steroid dienone is 3. The number of rotatable bonds is 6. The van der Waals surface area contributed by atoms with Crippen molar-refractivity contribution in [3.8, 4) is 6.07 Å². The second-order valence-electron chi connectivity index (χ2n) is 11.1. The molecule has 4 aliphatic carbocycles. The summed E-state index contributed by atoms with van der Waals surface area (Å²) in [4.78, 5) is 12.9. The third-order valence-corrected chi connectivity index (χ3v) is 8.23. The highest BCUT2D eigenvalue weighted by Crippen LogP contribution is 2.78. The number of halogens is 3. The van der Waals surface area contributed by atoms with Gasteiger partial charge in [0.2, 0.25) is 11.8 Å². The number of hydrogen-bond acceptors (Lipinski definition) is 6. The van der Waals surface area contributed by atoms with E-state index in [2.05, 4.69) is 21.6 Å². The summed E-state index contributed by atoms with van der Waals surface area (Å²) in [6, 6.07) is 3.71. The van der Waals surface area contributed by atoms with Crippen LogP contribution in [0.5, 0.6) is 0 Å². The number of aromatic nitrogens is 3. The van der Waals surface area contributed by atoms with E-state index in [4.69, 9.17) is 10.3 Å². The minimum atomic E-state index is -4.19. The van der Waals surface area contributed by atoms with Crippen molar-refractivity contribution in [3.63, 3.8) is 0 Å². The lowest BCUT2D eigenvalue weighted by Crippen LogP contribution is -2.70. The second-order valence-corrected chi connectivity index (χ2v) is 11.1. The van der Waals surface area contributed by atoms with E-state index in [0.717, 1.165) is 5.57 Å². The number of anilines is 2. The molecule has 2 aromatic heterocycles. The Kier molecular flexibility index (Phi) is 5.59. The Balaban J connectivity index is 1.24. The number of alkyl halides is 3. The number of nitrogens with one attached hydrogen (secondary N) is 1. The molecule has 3 fully saturated rings. The predicted molar refractivity (Wildman–Crippen MR) is 129 cm³/mol. The molecule has 0 aliphatic heterocycles. The summed E-state index contributed by atoms with van der Waals surface area (Å²) in [5, 5.41) is 20.9. The molecule has 1 amide bonds. The van der Waals surface area contributed by atoms with Gasteiger partial charge >= 0.3 is 6.18 Å². The SMILES string of the molecule is CC(C(=O)Nc1cc(C23CC(C(F)(F)F)(C2)C3)no1)C1=CC(C)C(c2nn(C(C)C)c(N)c2C#N)C=C1. The Morgan fingerprint density at radius 2 is 2.00 bits per heavy atom. The molecule has 0 saturated heterocycles. The fourth-order valence-corrected chi connectivity index (χ4v) is 6.01. The molecular formula is C26H29F3N6O2. The van der Waals surface area contributed by atoms with Crippen molar-refractivity contribution in [1.82, 2.24) is 14.9 Å². The van der Waals surface area contributed by atoms with Crippen molar-refractivity contribution in [3.05, 3.63) is 46.8 Å². The van der Waals surface area contributed by atoms with Crippen LogP contribution in [0.25, 0.3) is 0 Å². The lowest BCUT2D eigenvalue weighted by Gasteiger charge is -2.69. The summed E-state index contributed by atoms with van der Waals surface area (Å²) in [5.41, 5.74) is 6.20. The monoisotopic (exact) mass is 514 g/mol. The van der Waals surface area contributed by atoms with E-state index in [1.54, 1.807) is 11.6 Å². The first kappa shape index (κ1) is 25.1. The van der Waals surface area contributed by atoms with Gasteiger partial charge in [0.1, 0.15) is 17.5 Å². The summed E-state index contributed by atoms with van der Waals surface area (Å²) >= 11 is 0. The van der Waals surface area contributed by atoms with Crippen molar-refractivity contribution in [2.24, 2.45) is 17.3 Å². The normalized spacial score (nSPS) is 29.2. The van der Waals surface area contributed by atoms with Crippen LogP contribution in [-0.2, 0) is 10.2 Å². The smallest absolute Gasteiger partial charge is 0.383 e. The number of nitrogen functional groups attached to an aromatic ring is 1. The van der Waals surface area contributed by atoms with Crippen molar-refractivity contribution in [2.75, 3.05) is 11.1 Å². The van der Waals surface area contributed by atoms with Crippen molar-refractivity contribution < 1.29 is 22.5 Å². The minimum absolute atomic E-state index is 0.00974. The molecule has 8 nitrogen and oxygen atoms in total. The number of nitriles is 1. The van der Waals surface area contributed by atoms with E-state index >= 15 is 0 Å². The summed E-state index contributed by atoms with van der Waals surface area (Å²) in [6.07, 6.45) is 1.62. The maximum absolute atomic E-state index is 13.2. The molecule has 37 heavy (non-hydrogen) atoms. The molecule has 11 heteroatoms. The molecule has 3 atom stereocenters. The van der Waals surface area contributed by atoms with Crippen LogP contribution < -0.4 is 11.1 Å². The third kappa shape index (κ3) is 3.76. The average Bonchev–Trinajstić information content (AvgIpc) is 3.34. The average molecular weight is 515 g/mol. The lowest BCUT2D eigenvalue weighted by atomic mass is 9.34. The maximum atomic E-state index is 13.2. The van der Waals surface area contributed by atoms with Gasteiger partial charge in [-0.1, -0.05) is 30.3 Å². The number of nitrogens with two attached hydrogens (primary N) is 1. The molecule has 2 heterocycles. The number of amides is 1. The molecule has 196 valence electrons. The van der Waals surface area contributed by atoms with Crippen LogP contribution in [0, 0.1) is 28.6 Å². The van der Waals surface area contributed by atoms with E-state index in [1.807, 2.05) is 39.0 Å². The molecule has 3 N–H and O–H groups in total. The first-order valence-corrected chi connectivity index (χ1v) is 12.3. The summed E-state index contributed by atoms with van der Waals surface area (Å²) in [5.74, 6) is -0.586. The van der Waals surface area contributed by atoms with Gasteiger partial charge in [-0.25, -0.2) is 4.68 Å². The van der Waals surface area contributed by atoms with E-state index in [0.29, 0.717) is 22.8 Å². The molecular weight excluding hydrogens is 485 g/mol. The summed E-state index contributed by atoms with van der Waals surface area (Å²) in [6.45, 7) is 7.64. The molecule has 0 spiro atoms. The molecule has 4 aliphatic rings. The molecule has 3 unspecified atom stereocenters. The van der Waals surface area contributed by atoms with Gasteiger partial charge in [0.15, 0.2) is 0 Å². The van der Waals surface area contributed by atoms with Crippen LogP contribution >= 0.6 is 0 Å². The Labute approximate surface area is 212 Å². The highest BCUT2D eigenvalue weighted by atomic mass is 19.4. The van der Waals surface area contributed by atoms with Gasteiger partial charge in [-0.2, -0.15) is 23.5 Å². The van der Waals surface area contributed by atoms with Gasteiger partial charge in [0.25, 0.3) is 0 Å². The van der Waals surface area contributed by atoms with Crippen molar-refractivity contribution in [2.45, 2.75) is 70.5 Å². The van der Waals surface area contributed by atoms with Gasteiger partial charge in [0.05, 0.1) is 22.7 Å². The molecule has 0 radical (unpaired) electrons. The minimum Gasteiger partial charge on any atom is -0.383 e. The predicted octanol–water partition coefficient (Wildman–Crippen LogP) is 5.38. The van der Waals surface area contributed by atoms with Gasteiger partial charge in [-0.3, -0.25) is 10.1 Å². The zero-order valence-electron chi connectivity index (χ0n) is 21.1. The van der Waals surface area contributed by atoms with Gasteiger partial charge in [0, 0.05) is 23.4 Å². The topological polar surface area (TPSA) is 123 Å². The second kappa shape index (κ2) is 8.23. The van der Waals surface area contributed by atoms with Gasteiger partial charge in [-0.15, -0.1) is 0 Å². The van der Waals surface area contributed by atoms with Crippen LogP contribution in [0.15, 0.2) is 34.4 Å². The van der Waals surface area contributed by atoms with Crippen molar-refractivity contribution in [1.29, 1.82) is 5.26 Å². The first-order valence-electron chi connectivity index (χ1n) is 12.3. The van der Waals surface area contributed by atoms with E-state index in [9.17, 15) is 23.2 Å². The molecule has 0 aromatic carbocycles. The van der Waals surface area contributed by atoms with Crippen LogP contribution in [0.4, 0.5) is 24.9 Å². The fraction of sp³-hybridized carbons (Fsp3) is 0.538. The fourth-order valence-electron chi connectivity index (χ4n) is 6.01. The molecule has 6 rings (SSSR count). The largest absolute Gasteiger partial charge is 0.394 e. The highest BCUT2D eigenvalue weighted by Gasteiger charge is 2.79. The Bertz CT molecular complexity index is 1340. The van der Waals surface area contributed by atoms with Crippen molar-refractivity contribution >= 4 is 17.6 Å². The molecule has 3 saturated carbocycles. The molecule has 2 aromatic rings. The number of hydrogen-bond donors (Lipinski definition) is 2. The number of nitrogens with zero attached hydrogens (tertiary/aromatic N) is 4. The summed E-state index contributed by atoms with van der Waals surface area (Å²) in [7, 11) is 0. The zero-order chi connectivity index (χ0) is 26.9. The standard InChI is InChI=1S/C26H29F3N6O2/c1-13(2)35-22(31)18(9-30)21(33-35)17-6-5-16(7-14(17)3)15(4)23(36)32-20-8-19(34-37-20)24-10-25(11-24,12-24)26(27,28)29/h5-8,13-15,17H,10-12,31H2,1-4H3,(H,32,36). The Hall–Kier alpha value is -3.55. The van der Waals surface area contributed by atoms with Crippen LogP contribution in [0.2, 0.25) is 0 Å². The van der Waals surface area contributed by atoms with Gasteiger partial charge < -0.3 is 10.3 Å². The van der Waals surface area contributed by atoms with Crippen LogP contribution in [0.1, 0.15) is 75.9 Å². The Morgan fingerprint density at radius 1 is 1.32 bits per heavy atom. The third-order valence-electron chi connectivity index (χ3n) is 8.23. The highest BCUT2D eigenvalue weighted by molar-refractivity contribution is 5.93. The lowest BCUT2D eigenvalue weighted by molar-refractivity contribution is -0.338. The van der Waals surface area contributed by atoms with Crippen LogP contribution in [-0.4, -0.2) is 27.0 Å². The molecule has 2 bridgehead atoms. The zero-order valence-corrected chi connectivity index (χ0v) is 21.1. The maximum Gasteiger partial charge on any atom is 0.394 e. The number of carbonyl (C=O) groups excluding carboxylic acids is 1. The summed E-state index contributed by atoms with van der Waals surface area (Å²) < 4.78 is 46.3. The quantitative estimate of drug-likeness (QED) is 0.534. The first-order chi connectivity index (χ1) is 17.3. The van der Waals surface area contributed by atoms with E-state index in [1.165, 1.54) is 6.07 Å². The van der Waals surface area contributed by atoms with Crippen LogP contribution in [0.3, 0.4) is 0 Å². The van der Waals surface area contributed by atoms with Gasteiger partial charge in [-0.05, 0) is 51.5 Å².